The van der Waals surface area contributed by atoms with Gasteiger partial charge in [-0.25, -0.2) is 0 Å². The third kappa shape index (κ3) is 3.68. The zero-order chi connectivity index (χ0) is 14.7. The number of benzene rings is 1. The van der Waals surface area contributed by atoms with Gasteiger partial charge in [-0.3, -0.25) is 9.59 Å². The molecule has 0 aliphatic rings. The molecule has 20 heavy (non-hydrogen) atoms. The molecule has 2 rings (SSSR count). The Morgan fingerprint density at radius 1 is 1.20 bits per heavy atom. The summed E-state index contributed by atoms with van der Waals surface area (Å²) in [5.41, 5.74) is 2.95. The Kier molecular flexibility index (Phi) is 4.57. The summed E-state index contributed by atoms with van der Waals surface area (Å²) in [5.74, 6) is -0.272. The number of anilines is 2. The highest BCUT2D eigenvalue weighted by molar-refractivity contribution is 9.11. The molecular formula is C14H13BrN2O2S. The fourth-order valence-electron chi connectivity index (χ4n) is 1.70. The first-order chi connectivity index (χ1) is 9.45. The predicted octanol–water partition coefficient (Wildman–Crippen LogP) is 4.03. The number of thiophene rings is 1. The van der Waals surface area contributed by atoms with Crippen LogP contribution < -0.4 is 10.6 Å². The van der Waals surface area contributed by atoms with Crippen molar-refractivity contribution >= 4 is 50.5 Å². The summed E-state index contributed by atoms with van der Waals surface area (Å²) < 4.78 is 0.917. The Morgan fingerprint density at radius 2 is 1.95 bits per heavy atom. The molecule has 0 radical (unpaired) electrons. The fraction of sp³-hybridized carbons (Fsp3) is 0.143. The van der Waals surface area contributed by atoms with E-state index in [-0.39, 0.29) is 11.8 Å². The van der Waals surface area contributed by atoms with Crippen LogP contribution in [0.5, 0.6) is 0 Å². The number of carbonyl (C=O) groups excluding carboxylic acids is 2. The number of amides is 2. The van der Waals surface area contributed by atoms with Crippen molar-refractivity contribution in [1.29, 1.82) is 0 Å². The molecule has 0 aliphatic heterocycles. The van der Waals surface area contributed by atoms with Crippen LogP contribution in [0.3, 0.4) is 0 Å². The largest absolute Gasteiger partial charge is 0.326 e. The van der Waals surface area contributed by atoms with Crippen molar-refractivity contribution in [3.05, 3.63) is 44.6 Å². The molecular weight excluding hydrogens is 340 g/mol. The van der Waals surface area contributed by atoms with E-state index in [9.17, 15) is 9.59 Å². The molecule has 4 nitrogen and oxygen atoms in total. The van der Waals surface area contributed by atoms with E-state index >= 15 is 0 Å². The quantitative estimate of drug-likeness (QED) is 0.875. The molecule has 0 atom stereocenters. The van der Waals surface area contributed by atoms with Crippen LogP contribution in [0.25, 0.3) is 0 Å². The summed E-state index contributed by atoms with van der Waals surface area (Å²) in [5, 5.41) is 7.35. The molecule has 2 aromatic rings. The minimum atomic E-state index is -0.154. The SMILES string of the molecule is CC(=O)Nc1ccc(NC(=O)c2csc(Br)c2)cc1C. The van der Waals surface area contributed by atoms with Crippen LogP contribution in [0.2, 0.25) is 0 Å². The number of aryl methyl sites for hydroxylation is 1. The minimum Gasteiger partial charge on any atom is -0.326 e. The molecule has 2 N–H and O–H groups in total. The van der Waals surface area contributed by atoms with Crippen molar-refractivity contribution in [2.24, 2.45) is 0 Å². The highest BCUT2D eigenvalue weighted by atomic mass is 79.9. The van der Waals surface area contributed by atoms with Crippen molar-refractivity contribution in [1.82, 2.24) is 0 Å². The van der Waals surface area contributed by atoms with Gasteiger partial charge >= 0.3 is 0 Å². The molecule has 0 unspecified atom stereocenters. The van der Waals surface area contributed by atoms with Gasteiger partial charge in [0.05, 0.1) is 9.35 Å². The highest BCUT2D eigenvalue weighted by Crippen LogP contribution is 2.23. The van der Waals surface area contributed by atoms with Crippen LogP contribution in [0.4, 0.5) is 11.4 Å². The summed E-state index contributed by atoms with van der Waals surface area (Å²) in [6.45, 7) is 3.34. The smallest absolute Gasteiger partial charge is 0.256 e. The third-order valence-corrected chi connectivity index (χ3v) is 4.13. The standard InChI is InChI=1S/C14H13BrN2O2S/c1-8-5-11(3-4-12(8)16-9(2)18)17-14(19)10-6-13(15)20-7-10/h3-7H,1-2H3,(H,16,18)(H,17,19). The zero-order valence-corrected chi connectivity index (χ0v) is 13.4. The molecule has 1 aromatic carbocycles. The molecule has 0 saturated heterocycles. The monoisotopic (exact) mass is 352 g/mol. The van der Waals surface area contributed by atoms with Gasteiger partial charge in [0, 0.05) is 23.7 Å². The Morgan fingerprint density at radius 3 is 2.50 bits per heavy atom. The minimum absolute atomic E-state index is 0.118. The second-order valence-electron chi connectivity index (χ2n) is 4.30. The molecule has 2 amide bonds. The molecule has 104 valence electrons. The fourth-order valence-corrected chi connectivity index (χ4v) is 2.84. The lowest BCUT2D eigenvalue weighted by atomic mass is 10.1. The van der Waals surface area contributed by atoms with E-state index in [4.69, 9.17) is 0 Å². The Labute approximate surface area is 129 Å². The zero-order valence-electron chi connectivity index (χ0n) is 11.0. The maximum Gasteiger partial charge on any atom is 0.256 e. The number of halogens is 1. The summed E-state index contributed by atoms with van der Waals surface area (Å²) in [7, 11) is 0. The van der Waals surface area contributed by atoms with Crippen molar-refractivity contribution in [3.63, 3.8) is 0 Å². The lowest BCUT2D eigenvalue weighted by Gasteiger charge is -2.09. The molecule has 0 saturated carbocycles. The van der Waals surface area contributed by atoms with Gasteiger partial charge in [0.2, 0.25) is 5.91 Å². The molecule has 0 bridgehead atoms. The maximum atomic E-state index is 12.0. The molecule has 0 fully saturated rings. The van der Waals surface area contributed by atoms with Crippen LogP contribution >= 0.6 is 27.3 Å². The molecule has 0 aliphatic carbocycles. The maximum absolute atomic E-state index is 12.0. The van der Waals surface area contributed by atoms with E-state index in [1.54, 1.807) is 23.6 Å². The number of hydrogen-bond acceptors (Lipinski definition) is 3. The topological polar surface area (TPSA) is 58.2 Å². The van der Waals surface area contributed by atoms with Crippen molar-refractivity contribution in [2.75, 3.05) is 10.6 Å². The van der Waals surface area contributed by atoms with Crippen molar-refractivity contribution < 1.29 is 9.59 Å². The van der Waals surface area contributed by atoms with Gasteiger partial charge in [-0.2, -0.15) is 0 Å². The second kappa shape index (κ2) is 6.19. The first kappa shape index (κ1) is 14.7. The number of carbonyl (C=O) groups is 2. The molecule has 0 spiro atoms. The summed E-state index contributed by atoms with van der Waals surface area (Å²) in [6.07, 6.45) is 0. The summed E-state index contributed by atoms with van der Waals surface area (Å²) in [4.78, 5) is 23.0. The first-order valence-corrected chi connectivity index (χ1v) is 7.56. The van der Waals surface area contributed by atoms with E-state index in [2.05, 4.69) is 26.6 Å². The van der Waals surface area contributed by atoms with Gasteiger partial charge < -0.3 is 10.6 Å². The number of hydrogen-bond donors (Lipinski definition) is 2. The average molecular weight is 353 g/mol. The summed E-state index contributed by atoms with van der Waals surface area (Å²) >= 11 is 4.79. The van der Waals surface area contributed by atoms with Gasteiger partial charge in [0.1, 0.15) is 0 Å². The van der Waals surface area contributed by atoms with Crippen LogP contribution in [-0.4, -0.2) is 11.8 Å². The number of nitrogens with one attached hydrogen (secondary N) is 2. The number of rotatable bonds is 3. The lowest BCUT2D eigenvalue weighted by Crippen LogP contribution is -2.12. The molecule has 1 aromatic heterocycles. The van der Waals surface area contributed by atoms with E-state index in [1.165, 1.54) is 18.3 Å². The van der Waals surface area contributed by atoms with Crippen molar-refractivity contribution in [2.45, 2.75) is 13.8 Å². The van der Waals surface area contributed by atoms with Crippen LogP contribution in [0, 0.1) is 6.92 Å². The Balaban J connectivity index is 2.12. The van der Waals surface area contributed by atoms with Gasteiger partial charge in [-0.05, 0) is 52.7 Å². The Hall–Kier alpha value is -1.66. The highest BCUT2D eigenvalue weighted by Gasteiger charge is 2.09. The van der Waals surface area contributed by atoms with Crippen molar-refractivity contribution in [3.8, 4) is 0 Å². The first-order valence-electron chi connectivity index (χ1n) is 5.89. The van der Waals surface area contributed by atoms with Crippen LogP contribution in [-0.2, 0) is 4.79 Å². The second-order valence-corrected chi connectivity index (χ2v) is 6.59. The van der Waals surface area contributed by atoms with Crippen LogP contribution in [0.1, 0.15) is 22.8 Å². The Bertz CT molecular complexity index is 667. The van der Waals surface area contributed by atoms with Gasteiger partial charge in [-0.15, -0.1) is 11.3 Å². The summed E-state index contributed by atoms with van der Waals surface area (Å²) in [6, 6.07) is 7.14. The normalized spacial score (nSPS) is 10.2. The van der Waals surface area contributed by atoms with Gasteiger partial charge in [-0.1, -0.05) is 0 Å². The van der Waals surface area contributed by atoms with E-state index in [0.29, 0.717) is 11.3 Å². The predicted molar refractivity (Wildman–Crippen MR) is 85.5 cm³/mol. The molecule has 6 heteroatoms. The lowest BCUT2D eigenvalue weighted by molar-refractivity contribution is -0.114. The van der Waals surface area contributed by atoms with E-state index in [0.717, 1.165) is 15.0 Å². The van der Waals surface area contributed by atoms with E-state index in [1.807, 2.05) is 13.0 Å². The molecule has 1 heterocycles. The average Bonchev–Trinajstić information content (AvgIpc) is 2.79. The van der Waals surface area contributed by atoms with Gasteiger partial charge in [0.25, 0.3) is 5.91 Å². The third-order valence-electron chi connectivity index (χ3n) is 2.62. The van der Waals surface area contributed by atoms with Gasteiger partial charge in [0.15, 0.2) is 0 Å². The van der Waals surface area contributed by atoms with Crippen LogP contribution in [0.15, 0.2) is 33.4 Å². The van der Waals surface area contributed by atoms with E-state index < -0.39 is 0 Å².